The third kappa shape index (κ3) is 2.59. The number of carbonyl (C=O) groups is 1. The molecule has 1 aliphatic heterocycles. The maximum Gasteiger partial charge on any atom is 0.240 e. The maximum absolute atomic E-state index is 12.6. The van der Waals surface area contributed by atoms with Gasteiger partial charge in [-0.05, 0) is 52.0 Å². The molecule has 0 aromatic carbocycles. The van der Waals surface area contributed by atoms with Crippen LogP contribution in [0.2, 0.25) is 0 Å². The van der Waals surface area contributed by atoms with Crippen molar-refractivity contribution in [1.29, 1.82) is 0 Å². The lowest BCUT2D eigenvalue weighted by molar-refractivity contribution is -0.128. The molecule has 2 fully saturated rings. The number of nitrogens with one attached hydrogen (secondary N) is 2. The predicted octanol–water partition coefficient (Wildman–Crippen LogP) is 1.63. The minimum atomic E-state index is -0.389. The van der Waals surface area contributed by atoms with Crippen LogP contribution in [0, 0.1) is 0 Å². The van der Waals surface area contributed by atoms with E-state index in [0.717, 1.165) is 38.6 Å². The highest BCUT2D eigenvalue weighted by atomic mass is 16.2. The van der Waals surface area contributed by atoms with Gasteiger partial charge in [-0.1, -0.05) is 0 Å². The van der Waals surface area contributed by atoms with E-state index in [1.54, 1.807) is 6.20 Å². The quantitative estimate of drug-likeness (QED) is 0.882. The van der Waals surface area contributed by atoms with Crippen molar-refractivity contribution in [3.63, 3.8) is 0 Å². The van der Waals surface area contributed by atoms with E-state index < -0.39 is 0 Å². The molecule has 0 bridgehead atoms. The Labute approximate surface area is 120 Å². The van der Waals surface area contributed by atoms with Crippen LogP contribution in [-0.4, -0.2) is 33.6 Å². The van der Waals surface area contributed by atoms with Gasteiger partial charge in [0.1, 0.15) is 0 Å². The average Bonchev–Trinajstić information content (AvgIpc) is 3.09. The Balaban J connectivity index is 1.66. The normalized spacial score (nSPS) is 34.0. The van der Waals surface area contributed by atoms with Gasteiger partial charge in [-0.2, -0.15) is 0 Å². The molecule has 2 heterocycles. The van der Waals surface area contributed by atoms with E-state index in [1.807, 2.05) is 19.4 Å². The highest BCUT2D eigenvalue weighted by Gasteiger charge is 2.38. The largest absolute Gasteiger partial charge is 0.350 e. The van der Waals surface area contributed by atoms with Gasteiger partial charge in [-0.25, -0.2) is 4.98 Å². The Morgan fingerprint density at radius 1 is 1.40 bits per heavy atom. The standard InChI is InChI=1S/C15H24N4O/c1-15(7-2-3-8-17-15)14(20)18-12-5-4-6-13(12)19-10-9-16-11-19/h9-13,17H,2-8H2,1H3,(H,18,20). The van der Waals surface area contributed by atoms with Crippen LogP contribution < -0.4 is 10.6 Å². The first-order valence-corrected chi connectivity index (χ1v) is 7.72. The van der Waals surface area contributed by atoms with E-state index in [1.165, 1.54) is 6.42 Å². The van der Waals surface area contributed by atoms with E-state index in [4.69, 9.17) is 0 Å². The molecule has 3 rings (SSSR count). The zero-order chi connectivity index (χ0) is 14.0. The van der Waals surface area contributed by atoms with Gasteiger partial charge in [-0.15, -0.1) is 0 Å². The van der Waals surface area contributed by atoms with Crippen LogP contribution in [0.25, 0.3) is 0 Å². The van der Waals surface area contributed by atoms with Gasteiger partial charge in [0.25, 0.3) is 0 Å². The van der Waals surface area contributed by atoms with Crippen LogP contribution >= 0.6 is 0 Å². The number of piperidine rings is 1. The molecule has 5 heteroatoms. The highest BCUT2D eigenvalue weighted by molar-refractivity contribution is 5.86. The molecule has 20 heavy (non-hydrogen) atoms. The monoisotopic (exact) mass is 276 g/mol. The van der Waals surface area contributed by atoms with E-state index in [0.29, 0.717) is 6.04 Å². The second kappa shape index (κ2) is 5.56. The summed E-state index contributed by atoms with van der Waals surface area (Å²) in [5.74, 6) is 0.161. The number of rotatable bonds is 3. The van der Waals surface area contributed by atoms with Crippen molar-refractivity contribution in [3.05, 3.63) is 18.7 Å². The Morgan fingerprint density at radius 2 is 2.30 bits per heavy atom. The van der Waals surface area contributed by atoms with Gasteiger partial charge >= 0.3 is 0 Å². The summed E-state index contributed by atoms with van der Waals surface area (Å²) in [4.78, 5) is 16.7. The number of imidazole rings is 1. The zero-order valence-electron chi connectivity index (χ0n) is 12.1. The fourth-order valence-electron chi connectivity index (χ4n) is 3.51. The summed E-state index contributed by atoms with van der Waals surface area (Å²) in [5, 5.41) is 6.67. The van der Waals surface area contributed by atoms with Gasteiger partial charge < -0.3 is 15.2 Å². The number of amides is 1. The first-order chi connectivity index (χ1) is 9.69. The molecular weight excluding hydrogens is 252 g/mol. The van der Waals surface area contributed by atoms with Crippen LogP contribution in [0.3, 0.4) is 0 Å². The number of nitrogens with zero attached hydrogens (tertiary/aromatic N) is 2. The summed E-state index contributed by atoms with van der Waals surface area (Å²) in [5.41, 5.74) is -0.389. The van der Waals surface area contributed by atoms with Gasteiger partial charge in [0.15, 0.2) is 0 Å². The first kappa shape index (κ1) is 13.6. The molecule has 2 aliphatic rings. The van der Waals surface area contributed by atoms with Crippen molar-refractivity contribution in [3.8, 4) is 0 Å². The number of hydrogen-bond acceptors (Lipinski definition) is 3. The molecular formula is C15H24N4O. The van der Waals surface area contributed by atoms with Crippen molar-refractivity contribution in [2.75, 3.05) is 6.54 Å². The van der Waals surface area contributed by atoms with Crippen LogP contribution in [0.4, 0.5) is 0 Å². The molecule has 0 spiro atoms. The fraction of sp³-hybridized carbons (Fsp3) is 0.733. The second-order valence-corrected chi connectivity index (χ2v) is 6.30. The number of carbonyl (C=O) groups excluding carboxylic acids is 1. The van der Waals surface area contributed by atoms with Crippen molar-refractivity contribution in [2.45, 2.75) is 63.1 Å². The molecule has 1 saturated heterocycles. The van der Waals surface area contributed by atoms with Gasteiger partial charge in [-0.3, -0.25) is 4.79 Å². The smallest absolute Gasteiger partial charge is 0.240 e. The van der Waals surface area contributed by atoms with Gasteiger partial charge in [0.05, 0.1) is 17.9 Å². The average molecular weight is 276 g/mol. The Morgan fingerprint density at radius 3 is 3.00 bits per heavy atom. The summed E-state index contributed by atoms with van der Waals surface area (Å²) in [6.07, 6.45) is 12.2. The van der Waals surface area contributed by atoms with Crippen LogP contribution in [0.1, 0.15) is 51.5 Å². The molecule has 3 unspecified atom stereocenters. The maximum atomic E-state index is 12.6. The lowest BCUT2D eigenvalue weighted by Gasteiger charge is -2.35. The Hall–Kier alpha value is -1.36. The first-order valence-electron chi connectivity index (χ1n) is 7.72. The minimum absolute atomic E-state index is 0.161. The van der Waals surface area contributed by atoms with Crippen molar-refractivity contribution in [1.82, 2.24) is 20.2 Å². The lowest BCUT2D eigenvalue weighted by atomic mass is 9.89. The molecule has 0 radical (unpaired) electrons. The summed E-state index contributed by atoms with van der Waals surface area (Å²) in [6.45, 7) is 2.97. The molecule has 1 saturated carbocycles. The minimum Gasteiger partial charge on any atom is -0.350 e. The van der Waals surface area contributed by atoms with E-state index >= 15 is 0 Å². The van der Waals surface area contributed by atoms with Crippen molar-refractivity contribution in [2.24, 2.45) is 0 Å². The Bertz CT molecular complexity index is 450. The molecule has 1 amide bonds. The summed E-state index contributed by atoms with van der Waals surface area (Å²) in [6, 6.07) is 0.589. The van der Waals surface area contributed by atoms with Gasteiger partial charge in [0, 0.05) is 18.4 Å². The fourth-order valence-corrected chi connectivity index (χ4v) is 3.51. The molecule has 2 N–H and O–H groups in total. The SMILES string of the molecule is CC1(C(=O)NC2CCCC2n2ccnc2)CCCCN1. The van der Waals surface area contributed by atoms with Crippen molar-refractivity contribution >= 4 is 5.91 Å². The molecule has 1 aromatic heterocycles. The number of aromatic nitrogens is 2. The summed E-state index contributed by atoms with van der Waals surface area (Å²) in [7, 11) is 0. The van der Waals surface area contributed by atoms with Gasteiger partial charge in [0.2, 0.25) is 5.91 Å². The Kier molecular flexibility index (Phi) is 3.78. The van der Waals surface area contributed by atoms with Crippen LogP contribution in [0.5, 0.6) is 0 Å². The highest BCUT2D eigenvalue weighted by Crippen LogP contribution is 2.30. The topological polar surface area (TPSA) is 59.0 Å². The molecule has 3 atom stereocenters. The summed E-state index contributed by atoms with van der Waals surface area (Å²) < 4.78 is 2.13. The van der Waals surface area contributed by atoms with E-state index in [9.17, 15) is 4.79 Å². The van der Waals surface area contributed by atoms with Crippen LogP contribution in [-0.2, 0) is 4.79 Å². The summed E-state index contributed by atoms with van der Waals surface area (Å²) >= 11 is 0. The number of hydrogen-bond donors (Lipinski definition) is 2. The third-order valence-corrected chi connectivity index (χ3v) is 4.82. The van der Waals surface area contributed by atoms with Crippen molar-refractivity contribution < 1.29 is 4.79 Å². The zero-order valence-corrected chi connectivity index (χ0v) is 12.1. The molecule has 1 aliphatic carbocycles. The lowest BCUT2D eigenvalue weighted by Crippen LogP contribution is -2.59. The second-order valence-electron chi connectivity index (χ2n) is 6.30. The molecule has 1 aromatic rings. The van der Waals surface area contributed by atoms with Crippen LogP contribution in [0.15, 0.2) is 18.7 Å². The third-order valence-electron chi connectivity index (χ3n) is 4.82. The molecule has 5 nitrogen and oxygen atoms in total. The molecule has 110 valence electrons. The van der Waals surface area contributed by atoms with E-state index in [2.05, 4.69) is 20.2 Å². The van der Waals surface area contributed by atoms with E-state index in [-0.39, 0.29) is 17.5 Å². The predicted molar refractivity (Wildman–Crippen MR) is 77.3 cm³/mol.